The number of fused-ring (bicyclic) bond motifs is 1. The first kappa shape index (κ1) is 22.1. The van der Waals surface area contributed by atoms with Crippen LogP contribution < -0.4 is 5.56 Å². The van der Waals surface area contributed by atoms with Crippen LogP contribution >= 0.6 is 0 Å². The van der Waals surface area contributed by atoms with E-state index in [1.165, 1.54) is 0 Å². The van der Waals surface area contributed by atoms with E-state index in [9.17, 15) is 18.0 Å². The summed E-state index contributed by atoms with van der Waals surface area (Å²) in [6.07, 6.45) is -5.08. The number of carboxylic acid groups (broad SMARTS) is 1. The molecule has 0 aliphatic rings. The second-order valence-corrected chi connectivity index (χ2v) is 6.81. The predicted octanol–water partition coefficient (Wildman–Crippen LogP) is 3.70. The number of carboxylic acids is 1. The minimum atomic E-state index is -5.08. The Labute approximate surface area is 164 Å². The summed E-state index contributed by atoms with van der Waals surface area (Å²) in [4.78, 5) is 28.7. The number of hydrogen-bond donors (Lipinski definition) is 2. The average molecular weight is 410 g/mol. The molecule has 0 bridgehead atoms. The molecular formula is C19H21F3N4O3. The Hall–Kier alpha value is -3.17. The summed E-state index contributed by atoms with van der Waals surface area (Å²) in [5, 5.41) is 12.2. The molecule has 7 nitrogen and oxygen atoms in total. The van der Waals surface area contributed by atoms with E-state index in [2.05, 4.69) is 15.1 Å². The van der Waals surface area contributed by atoms with E-state index in [-0.39, 0.29) is 11.5 Å². The molecule has 0 aliphatic carbocycles. The summed E-state index contributed by atoms with van der Waals surface area (Å²) in [6.45, 7) is 8.04. The zero-order chi connectivity index (χ0) is 22.1. The average Bonchev–Trinajstić information content (AvgIpc) is 2.86. The molecule has 2 aromatic heterocycles. The van der Waals surface area contributed by atoms with Crippen LogP contribution in [0, 0.1) is 13.8 Å². The van der Waals surface area contributed by atoms with Gasteiger partial charge in [0, 0.05) is 24.2 Å². The smallest absolute Gasteiger partial charge is 0.475 e. The summed E-state index contributed by atoms with van der Waals surface area (Å²) in [5.41, 5.74) is 4.77. The number of alkyl halides is 3. The summed E-state index contributed by atoms with van der Waals surface area (Å²) < 4.78 is 33.6. The van der Waals surface area contributed by atoms with Gasteiger partial charge in [-0.05, 0) is 31.5 Å². The number of aromatic amines is 1. The monoisotopic (exact) mass is 410 g/mol. The van der Waals surface area contributed by atoms with Crippen LogP contribution in [0.4, 0.5) is 13.2 Å². The normalized spacial score (nSPS) is 11.5. The van der Waals surface area contributed by atoms with Crippen LogP contribution in [0.1, 0.15) is 37.0 Å². The SMILES string of the molecule is Cc1nn(C)c(C)c1-c1ccc2nc(C(C)C)[nH]c(=O)c2c1.O=C(O)C(F)(F)F. The van der Waals surface area contributed by atoms with Crippen molar-refractivity contribution in [2.45, 2.75) is 39.8 Å². The maximum Gasteiger partial charge on any atom is 0.490 e. The van der Waals surface area contributed by atoms with Crippen LogP contribution in [0.5, 0.6) is 0 Å². The summed E-state index contributed by atoms with van der Waals surface area (Å²) in [6, 6.07) is 5.83. The van der Waals surface area contributed by atoms with Gasteiger partial charge in [-0.1, -0.05) is 19.9 Å². The molecule has 10 heteroatoms. The fourth-order valence-electron chi connectivity index (χ4n) is 2.78. The number of aromatic nitrogens is 4. The number of nitrogens with one attached hydrogen (secondary N) is 1. The van der Waals surface area contributed by atoms with Crippen molar-refractivity contribution >= 4 is 16.9 Å². The van der Waals surface area contributed by atoms with Crippen LogP contribution in [-0.4, -0.2) is 37.0 Å². The fourth-order valence-corrected chi connectivity index (χ4v) is 2.78. The molecule has 3 aromatic rings. The number of rotatable bonds is 2. The molecule has 0 amide bonds. The van der Waals surface area contributed by atoms with Crippen molar-refractivity contribution in [3.05, 3.63) is 45.8 Å². The van der Waals surface area contributed by atoms with Gasteiger partial charge in [-0.25, -0.2) is 9.78 Å². The lowest BCUT2D eigenvalue weighted by atomic mass is 10.0. The highest BCUT2D eigenvalue weighted by molar-refractivity contribution is 5.84. The molecule has 0 fully saturated rings. The molecule has 0 saturated carbocycles. The van der Waals surface area contributed by atoms with Gasteiger partial charge in [0.2, 0.25) is 0 Å². The van der Waals surface area contributed by atoms with Crippen LogP contribution in [0.3, 0.4) is 0 Å². The molecule has 2 N–H and O–H groups in total. The van der Waals surface area contributed by atoms with E-state index in [0.717, 1.165) is 33.9 Å². The molecule has 0 atom stereocenters. The van der Waals surface area contributed by atoms with Gasteiger partial charge >= 0.3 is 12.1 Å². The van der Waals surface area contributed by atoms with Gasteiger partial charge in [0.15, 0.2) is 0 Å². The van der Waals surface area contributed by atoms with Crippen molar-refractivity contribution in [3.63, 3.8) is 0 Å². The van der Waals surface area contributed by atoms with Crippen LogP contribution in [0.2, 0.25) is 0 Å². The molecule has 0 aliphatic heterocycles. The predicted molar refractivity (Wildman–Crippen MR) is 102 cm³/mol. The minimum Gasteiger partial charge on any atom is -0.475 e. The third kappa shape index (κ3) is 4.82. The maximum absolute atomic E-state index is 12.3. The Bertz CT molecular complexity index is 1110. The van der Waals surface area contributed by atoms with E-state index in [1.54, 1.807) is 0 Å². The second kappa shape index (κ2) is 8.06. The van der Waals surface area contributed by atoms with E-state index < -0.39 is 12.1 Å². The van der Waals surface area contributed by atoms with Crippen molar-refractivity contribution in [2.24, 2.45) is 7.05 Å². The van der Waals surface area contributed by atoms with Gasteiger partial charge in [0.1, 0.15) is 5.82 Å². The van der Waals surface area contributed by atoms with E-state index in [4.69, 9.17) is 9.90 Å². The highest BCUT2D eigenvalue weighted by Crippen LogP contribution is 2.28. The number of halogens is 3. The molecule has 2 heterocycles. The molecule has 3 rings (SSSR count). The Morgan fingerprint density at radius 2 is 1.83 bits per heavy atom. The molecule has 0 saturated heterocycles. The summed E-state index contributed by atoms with van der Waals surface area (Å²) in [7, 11) is 1.93. The van der Waals surface area contributed by atoms with Crippen molar-refractivity contribution in [1.29, 1.82) is 0 Å². The first-order valence-corrected chi connectivity index (χ1v) is 8.67. The van der Waals surface area contributed by atoms with Gasteiger partial charge in [0.25, 0.3) is 5.56 Å². The van der Waals surface area contributed by atoms with Gasteiger partial charge in [-0.3, -0.25) is 9.48 Å². The fraction of sp³-hybridized carbons (Fsp3) is 0.368. The molecule has 0 spiro atoms. The van der Waals surface area contributed by atoms with E-state index >= 15 is 0 Å². The van der Waals surface area contributed by atoms with Crippen LogP contribution in [0.25, 0.3) is 22.0 Å². The molecule has 156 valence electrons. The maximum atomic E-state index is 12.3. The molecule has 29 heavy (non-hydrogen) atoms. The number of H-pyrrole nitrogens is 1. The molecule has 0 unspecified atom stereocenters. The third-order valence-electron chi connectivity index (χ3n) is 4.31. The number of aliphatic carboxylic acids is 1. The number of nitrogens with zero attached hydrogens (tertiary/aromatic N) is 3. The molecule has 1 aromatic carbocycles. The lowest BCUT2D eigenvalue weighted by Gasteiger charge is -2.08. The zero-order valence-electron chi connectivity index (χ0n) is 16.5. The summed E-state index contributed by atoms with van der Waals surface area (Å²) in [5.74, 6) is -1.84. The van der Waals surface area contributed by atoms with Gasteiger partial charge < -0.3 is 10.1 Å². The van der Waals surface area contributed by atoms with E-state index in [0.29, 0.717) is 5.39 Å². The Morgan fingerprint density at radius 1 is 1.24 bits per heavy atom. The van der Waals surface area contributed by atoms with Crippen molar-refractivity contribution in [1.82, 2.24) is 19.7 Å². The number of hydrogen-bond acceptors (Lipinski definition) is 4. The zero-order valence-corrected chi connectivity index (χ0v) is 16.5. The summed E-state index contributed by atoms with van der Waals surface area (Å²) >= 11 is 0. The van der Waals surface area contributed by atoms with Crippen LogP contribution in [0.15, 0.2) is 23.0 Å². The standard InChI is InChI=1S/C17H20N4O.C2HF3O2/c1-9(2)16-18-14-7-6-12(8-13(14)17(22)19-16)15-10(3)20-21(5)11(15)4;3-2(4,5)1(6)7/h6-9H,1-5H3,(H,18,19,22);(H,6,7). The van der Waals surface area contributed by atoms with Crippen molar-refractivity contribution in [3.8, 4) is 11.1 Å². The largest absolute Gasteiger partial charge is 0.490 e. The van der Waals surface area contributed by atoms with Gasteiger partial charge in [0.05, 0.1) is 16.6 Å². The van der Waals surface area contributed by atoms with Crippen LogP contribution in [-0.2, 0) is 11.8 Å². The highest BCUT2D eigenvalue weighted by atomic mass is 19.4. The lowest BCUT2D eigenvalue weighted by Crippen LogP contribution is -2.21. The topological polar surface area (TPSA) is 101 Å². The number of aryl methyl sites for hydroxylation is 2. The second-order valence-electron chi connectivity index (χ2n) is 6.81. The Kier molecular flexibility index (Phi) is 6.15. The number of carbonyl (C=O) groups is 1. The van der Waals surface area contributed by atoms with Gasteiger partial charge in [-0.2, -0.15) is 18.3 Å². The molecular weight excluding hydrogens is 389 g/mol. The van der Waals surface area contributed by atoms with E-state index in [1.807, 2.05) is 57.6 Å². The lowest BCUT2D eigenvalue weighted by molar-refractivity contribution is -0.192. The van der Waals surface area contributed by atoms with Crippen molar-refractivity contribution < 1.29 is 23.1 Å². The first-order chi connectivity index (χ1) is 13.3. The number of benzene rings is 1. The highest BCUT2D eigenvalue weighted by Gasteiger charge is 2.38. The third-order valence-corrected chi connectivity index (χ3v) is 4.31. The Balaban J connectivity index is 0.000000370. The Morgan fingerprint density at radius 3 is 2.28 bits per heavy atom. The molecule has 0 radical (unpaired) electrons. The van der Waals surface area contributed by atoms with Crippen molar-refractivity contribution in [2.75, 3.05) is 0 Å². The quantitative estimate of drug-likeness (QED) is 0.671. The van der Waals surface area contributed by atoms with Gasteiger partial charge in [-0.15, -0.1) is 0 Å². The minimum absolute atomic E-state index is 0.0882. The first-order valence-electron chi connectivity index (χ1n) is 8.67.